The Morgan fingerprint density at radius 1 is 1.38 bits per heavy atom. The summed E-state index contributed by atoms with van der Waals surface area (Å²) in [6.45, 7) is 1.61. The van der Waals surface area contributed by atoms with E-state index in [2.05, 4.69) is 20.2 Å². The molecular formula is C15H22Cl3N5O. The quantitative estimate of drug-likeness (QED) is 0.413. The number of hydrogen-bond donors (Lipinski definition) is 3. The second-order valence-electron chi connectivity index (χ2n) is 5.27. The van der Waals surface area contributed by atoms with Crippen molar-refractivity contribution < 1.29 is 4.79 Å². The summed E-state index contributed by atoms with van der Waals surface area (Å²) in [6, 6.07) is 7.13. The number of aromatic nitrogens is 1. The fourth-order valence-electron chi connectivity index (χ4n) is 2.05. The van der Waals surface area contributed by atoms with E-state index < -0.39 is 5.91 Å². The SMILES string of the molecule is CN(C)CCCNC(N)=NC(=O)c1cc2c(Cl)cccc2[nH]1.Cl.Cl. The number of hydrogen-bond acceptors (Lipinski definition) is 2. The van der Waals surface area contributed by atoms with Gasteiger partial charge in [0, 0.05) is 22.5 Å². The van der Waals surface area contributed by atoms with Crippen molar-refractivity contribution in [2.45, 2.75) is 6.42 Å². The minimum Gasteiger partial charge on any atom is -0.370 e. The van der Waals surface area contributed by atoms with Gasteiger partial charge in [0.05, 0.1) is 0 Å². The molecule has 1 aromatic heterocycles. The number of nitrogens with two attached hydrogens (primary N) is 1. The molecule has 1 aromatic carbocycles. The van der Waals surface area contributed by atoms with Crippen LogP contribution < -0.4 is 11.1 Å². The third-order valence-corrected chi connectivity index (χ3v) is 3.48. The Morgan fingerprint density at radius 2 is 2.08 bits per heavy atom. The normalized spacial score (nSPS) is 11.1. The topological polar surface area (TPSA) is 86.5 Å². The minimum atomic E-state index is -0.426. The molecule has 2 rings (SSSR count). The molecule has 0 aliphatic heterocycles. The summed E-state index contributed by atoms with van der Waals surface area (Å²) in [6.07, 6.45) is 0.916. The third-order valence-electron chi connectivity index (χ3n) is 3.15. The van der Waals surface area contributed by atoms with E-state index in [1.807, 2.05) is 26.2 Å². The molecule has 0 atom stereocenters. The first kappa shape index (κ1) is 22.5. The molecule has 0 saturated heterocycles. The highest BCUT2D eigenvalue weighted by atomic mass is 35.5. The van der Waals surface area contributed by atoms with Gasteiger partial charge in [-0.05, 0) is 45.3 Å². The minimum absolute atomic E-state index is 0. The zero-order chi connectivity index (χ0) is 16.1. The highest BCUT2D eigenvalue weighted by Gasteiger charge is 2.10. The molecule has 134 valence electrons. The van der Waals surface area contributed by atoms with Crippen molar-refractivity contribution in [2.75, 3.05) is 27.2 Å². The molecule has 4 N–H and O–H groups in total. The first-order valence-corrected chi connectivity index (χ1v) is 7.39. The summed E-state index contributed by atoms with van der Waals surface area (Å²) >= 11 is 6.08. The molecule has 0 radical (unpaired) electrons. The van der Waals surface area contributed by atoms with Crippen molar-refractivity contribution in [2.24, 2.45) is 10.7 Å². The van der Waals surface area contributed by atoms with Crippen molar-refractivity contribution in [1.29, 1.82) is 0 Å². The van der Waals surface area contributed by atoms with Gasteiger partial charge in [0.1, 0.15) is 5.69 Å². The summed E-state index contributed by atoms with van der Waals surface area (Å²) in [5.41, 5.74) is 6.87. The van der Waals surface area contributed by atoms with Gasteiger partial charge in [0.25, 0.3) is 5.91 Å². The molecule has 24 heavy (non-hydrogen) atoms. The zero-order valence-corrected chi connectivity index (χ0v) is 15.9. The van der Waals surface area contributed by atoms with E-state index >= 15 is 0 Å². The molecule has 0 unspecified atom stereocenters. The lowest BCUT2D eigenvalue weighted by molar-refractivity contribution is 0.0998. The van der Waals surface area contributed by atoms with E-state index in [-0.39, 0.29) is 30.8 Å². The van der Waals surface area contributed by atoms with Gasteiger partial charge in [-0.2, -0.15) is 4.99 Å². The van der Waals surface area contributed by atoms with Crippen molar-refractivity contribution in [3.8, 4) is 0 Å². The second kappa shape index (κ2) is 10.4. The predicted molar refractivity (Wildman–Crippen MR) is 105 cm³/mol. The number of guanidine groups is 1. The van der Waals surface area contributed by atoms with Gasteiger partial charge in [0.2, 0.25) is 0 Å². The lowest BCUT2D eigenvalue weighted by Crippen LogP contribution is -2.34. The van der Waals surface area contributed by atoms with E-state index in [0.717, 1.165) is 23.9 Å². The number of nitrogens with zero attached hydrogens (tertiary/aromatic N) is 2. The molecule has 0 aliphatic carbocycles. The van der Waals surface area contributed by atoms with Gasteiger partial charge in [-0.3, -0.25) is 4.79 Å². The molecule has 0 fully saturated rings. The molecule has 1 amide bonds. The highest BCUT2D eigenvalue weighted by Crippen LogP contribution is 2.24. The van der Waals surface area contributed by atoms with Crippen LogP contribution in [-0.4, -0.2) is 48.9 Å². The Kier molecular flexibility index (Phi) is 9.77. The fourth-order valence-corrected chi connectivity index (χ4v) is 2.28. The number of halogens is 3. The Hall–Kier alpha value is -1.47. The maximum atomic E-state index is 12.1. The number of fused-ring (bicyclic) bond motifs is 1. The monoisotopic (exact) mass is 393 g/mol. The second-order valence-corrected chi connectivity index (χ2v) is 5.68. The Labute approximate surface area is 158 Å². The van der Waals surface area contributed by atoms with E-state index in [4.69, 9.17) is 17.3 Å². The van der Waals surface area contributed by atoms with E-state index in [0.29, 0.717) is 17.3 Å². The number of rotatable bonds is 5. The van der Waals surface area contributed by atoms with Gasteiger partial charge in [-0.1, -0.05) is 17.7 Å². The van der Waals surface area contributed by atoms with Crippen LogP contribution in [0.3, 0.4) is 0 Å². The summed E-state index contributed by atoms with van der Waals surface area (Å²) in [5, 5.41) is 4.31. The zero-order valence-electron chi connectivity index (χ0n) is 13.5. The van der Waals surface area contributed by atoms with Crippen LogP contribution in [0.5, 0.6) is 0 Å². The van der Waals surface area contributed by atoms with Crippen LogP contribution in [0.4, 0.5) is 0 Å². The number of aliphatic imine (C=N–C) groups is 1. The van der Waals surface area contributed by atoms with Gasteiger partial charge in [-0.15, -0.1) is 24.8 Å². The molecule has 0 aliphatic rings. The van der Waals surface area contributed by atoms with Crippen LogP contribution >= 0.6 is 36.4 Å². The van der Waals surface area contributed by atoms with Crippen LogP contribution in [-0.2, 0) is 0 Å². The average Bonchev–Trinajstić information content (AvgIpc) is 2.89. The lowest BCUT2D eigenvalue weighted by atomic mass is 10.2. The number of aromatic amines is 1. The predicted octanol–water partition coefficient (Wildman–Crippen LogP) is 2.66. The first-order chi connectivity index (χ1) is 10.5. The summed E-state index contributed by atoms with van der Waals surface area (Å²) in [4.78, 5) is 21.0. The Balaban J connectivity index is 0.00000264. The van der Waals surface area contributed by atoms with Gasteiger partial charge >= 0.3 is 0 Å². The summed E-state index contributed by atoms with van der Waals surface area (Å²) < 4.78 is 0. The number of amides is 1. The fraction of sp³-hybridized carbons (Fsp3) is 0.333. The maximum absolute atomic E-state index is 12.1. The van der Waals surface area contributed by atoms with Crippen LogP contribution in [0.25, 0.3) is 10.9 Å². The van der Waals surface area contributed by atoms with Crippen molar-refractivity contribution in [3.05, 3.63) is 35.0 Å². The first-order valence-electron chi connectivity index (χ1n) is 7.01. The molecule has 0 saturated carbocycles. The number of carbonyl (C=O) groups is 1. The Morgan fingerprint density at radius 3 is 2.71 bits per heavy atom. The Bertz CT molecular complexity index is 699. The van der Waals surface area contributed by atoms with Crippen LogP contribution in [0.1, 0.15) is 16.9 Å². The molecular weight excluding hydrogens is 373 g/mol. The summed E-state index contributed by atoms with van der Waals surface area (Å²) in [7, 11) is 4.00. The third kappa shape index (κ3) is 6.20. The largest absolute Gasteiger partial charge is 0.370 e. The van der Waals surface area contributed by atoms with Crippen LogP contribution in [0, 0.1) is 0 Å². The van der Waals surface area contributed by atoms with Gasteiger partial charge < -0.3 is 20.9 Å². The molecule has 0 spiro atoms. The maximum Gasteiger partial charge on any atom is 0.296 e. The van der Waals surface area contributed by atoms with E-state index in [9.17, 15) is 4.79 Å². The van der Waals surface area contributed by atoms with Crippen molar-refractivity contribution in [3.63, 3.8) is 0 Å². The molecule has 9 heteroatoms. The average molecular weight is 395 g/mol. The van der Waals surface area contributed by atoms with Crippen LogP contribution in [0.2, 0.25) is 5.02 Å². The van der Waals surface area contributed by atoms with E-state index in [1.165, 1.54) is 0 Å². The van der Waals surface area contributed by atoms with Crippen molar-refractivity contribution >= 4 is 59.2 Å². The van der Waals surface area contributed by atoms with Crippen molar-refractivity contribution in [1.82, 2.24) is 15.2 Å². The summed E-state index contributed by atoms with van der Waals surface area (Å²) in [5.74, 6) is -0.307. The smallest absolute Gasteiger partial charge is 0.296 e. The number of H-pyrrole nitrogens is 1. The molecule has 0 bridgehead atoms. The molecule has 6 nitrogen and oxygen atoms in total. The molecule has 2 aromatic rings. The standard InChI is InChI=1S/C15H20ClN5O.2ClH/c1-21(2)8-4-7-18-15(17)20-14(22)13-9-10-11(16)5-3-6-12(10)19-13;;/h3,5-6,9,19H,4,7-8H2,1-2H3,(H3,17,18,20,22);2*1H. The lowest BCUT2D eigenvalue weighted by Gasteiger charge is -2.09. The van der Waals surface area contributed by atoms with Gasteiger partial charge in [0.15, 0.2) is 5.96 Å². The number of benzene rings is 1. The van der Waals surface area contributed by atoms with Gasteiger partial charge in [-0.25, -0.2) is 0 Å². The van der Waals surface area contributed by atoms with Crippen LogP contribution in [0.15, 0.2) is 29.3 Å². The number of nitrogens with one attached hydrogen (secondary N) is 2. The van der Waals surface area contributed by atoms with E-state index in [1.54, 1.807) is 12.1 Å². The highest BCUT2D eigenvalue weighted by molar-refractivity contribution is 6.35. The molecule has 1 heterocycles. The number of carbonyl (C=O) groups excluding carboxylic acids is 1.